The van der Waals surface area contributed by atoms with Crippen LogP contribution in [0.5, 0.6) is 5.75 Å². The highest BCUT2D eigenvalue weighted by Gasteiger charge is 2.24. The molecule has 8 heteroatoms. The standard InChI is InChI=1S/C31H23BrN2O4S/c1-3-37-31(36)30-19(2)26(17-34)29(39-30)15-27(35)22(16-33)14-25-24-7-5-4-6-21(24)10-13-28(25)38-18-20-8-11-23(32)12-9-20/h4-14H,3,15,18H2,1-2H3/b22-14+. The summed E-state index contributed by atoms with van der Waals surface area (Å²) in [5.41, 5.74) is 2.24. The maximum Gasteiger partial charge on any atom is 0.348 e. The molecule has 6 nitrogen and oxygen atoms in total. The smallest absolute Gasteiger partial charge is 0.348 e. The van der Waals surface area contributed by atoms with E-state index < -0.39 is 11.8 Å². The van der Waals surface area contributed by atoms with Crippen molar-refractivity contribution in [2.75, 3.05) is 6.61 Å². The Morgan fingerprint density at radius 1 is 1.05 bits per heavy atom. The number of esters is 1. The van der Waals surface area contributed by atoms with Crippen molar-refractivity contribution in [1.29, 1.82) is 10.5 Å². The lowest BCUT2D eigenvalue weighted by Crippen LogP contribution is -2.06. The molecular formula is C31H23BrN2O4S. The van der Waals surface area contributed by atoms with Crippen LogP contribution in [0.25, 0.3) is 16.8 Å². The van der Waals surface area contributed by atoms with Gasteiger partial charge in [-0.05, 0) is 60.0 Å². The number of nitriles is 2. The fraction of sp³-hybridized carbons (Fsp3) is 0.161. The van der Waals surface area contributed by atoms with Gasteiger partial charge >= 0.3 is 5.97 Å². The molecule has 1 heterocycles. The van der Waals surface area contributed by atoms with Crippen LogP contribution in [0.3, 0.4) is 0 Å². The summed E-state index contributed by atoms with van der Waals surface area (Å²) in [7, 11) is 0. The number of thiophene rings is 1. The summed E-state index contributed by atoms with van der Waals surface area (Å²) in [5, 5.41) is 21.4. The Morgan fingerprint density at radius 3 is 2.49 bits per heavy atom. The first-order valence-corrected chi connectivity index (χ1v) is 13.7. The molecule has 0 saturated heterocycles. The van der Waals surface area contributed by atoms with Crippen LogP contribution >= 0.6 is 27.3 Å². The number of hydrogen-bond donors (Lipinski definition) is 0. The van der Waals surface area contributed by atoms with E-state index in [1.165, 1.54) is 0 Å². The number of carbonyl (C=O) groups excluding carboxylic acids is 2. The van der Waals surface area contributed by atoms with Crippen molar-refractivity contribution in [3.05, 3.63) is 103 Å². The van der Waals surface area contributed by atoms with E-state index in [4.69, 9.17) is 9.47 Å². The van der Waals surface area contributed by atoms with Gasteiger partial charge in [0.1, 0.15) is 29.4 Å². The Kier molecular flexibility index (Phi) is 8.93. The molecule has 0 amide bonds. The summed E-state index contributed by atoms with van der Waals surface area (Å²) < 4.78 is 12.2. The van der Waals surface area contributed by atoms with Crippen molar-refractivity contribution in [3.63, 3.8) is 0 Å². The molecule has 0 spiro atoms. The van der Waals surface area contributed by atoms with Gasteiger partial charge in [0.2, 0.25) is 0 Å². The van der Waals surface area contributed by atoms with Crippen molar-refractivity contribution >= 4 is 55.9 Å². The number of ketones is 1. The lowest BCUT2D eigenvalue weighted by Gasteiger charge is -2.13. The maximum atomic E-state index is 13.3. The zero-order valence-corrected chi connectivity index (χ0v) is 23.7. The molecule has 0 atom stereocenters. The number of Topliss-reactive ketones (excluding diaryl/α,β-unsaturated/α-hetero) is 1. The van der Waals surface area contributed by atoms with Crippen molar-refractivity contribution in [2.24, 2.45) is 0 Å². The van der Waals surface area contributed by atoms with Gasteiger partial charge in [-0.1, -0.05) is 58.4 Å². The van der Waals surface area contributed by atoms with E-state index in [1.54, 1.807) is 19.9 Å². The average Bonchev–Trinajstić information content (AvgIpc) is 3.26. The SMILES string of the molecule is CCOC(=O)c1sc(CC(=O)/C(C#N)=C/c2c(OCc3ccc(Br)cc3)ccc3ccccc23)c(C#N)c1C. The Balaban J connectivity index is 1.70. The van der Waals surface area contributed by atoms with E-state index in [0.29, 0.717) is 28.4 Å². The third kappa shape index (κ3) is 6.26. The van der Waals surface area contributed by atoms with Crippen molar-refractivity contribution < 1.29 is 19.1 Å². The normalized spacial score (nSPS) is 11.1. The number of fused-ring (bicyclic) bond motifs is 1. The van der Waals surface area contributed by atoms with Crippen LogP contribution in [-0.4, -0.2) is 18.4 Å². The van der Waals surface area contributed by atoms with Crippen LogP contribution in [0.2, 0.25) is 0 Å². The van der Waals surface area contributed by atoms with Crippen LogP contribution in [0.4, 0.5) is 0 Å². The Hall–Kier alpha value is -4.24. The number of carbonyl (C=O) groups is 2. The van der Waals surface area contributed by atoms with E-state index in [0.717, 1.165) is 32.1 Å². The highest BCUT2D eigenvalue weighted by Crippen LogP contribution is 2.33. The van der Waals surface area contributed by atoms with Gasteiger partial charge in [0.05, 0.1) is 17.7 Å². The molecule has 1 aromatic heterocycles. The second-order valence-electron chi connectivity index (χ2n) is 8.57. The van der Waals surface area contributed by atoms with Gasteiger partial charge in [-0.15, -0.1) is 11.3 Å². The monoisotopic (exact) mass is 598 g/mol. The van der Waals surface area contributed by atoms with Crippen LogP contribution in [0, 0.1) is 29.6 Å². The van der Waals surface area contributed by atoms with Gasteiger partial charge in [0, 0.05) is 21.3 Å². The van der Waals surface area contributed by atoms with Crippen LogP contribution in [0.15, 0.2) is 70.7 Å². The minimum Gasteiger partial charge on any atom is -0.488 e. The third-order valence-electron chi connectivity index (χ3n) is 6.06. The fourth-order valence-electron chi connectivity index (χ4n) is 4.09. The van der Waals surface area contributed by atoms with Crippen molar-refractivity contribution in [2.45, 2.75) is 26.9 Å². The summed E-state index contributed by atoms with van der Waals surface area (Å²) in [6.07, 6.45) is 1.35. The molecule has 0 N–H and O–H groups in total. The number of ether oxygens (including phenoxy) is 2. The zero-order chi connectivity index (χ0) is 27.9. The molecule has 4 rings (SSSR count). The number of nitrogens with zero attached hydrogens (tertiary/aromatic N) is 2. The van der Waals surface area contributed by atoms with E-state index in [-0.39, 0.29) is 29.0 Å². The van der Waals surface area contributed by atoms with Gasteiger partial charge in [-0.2, -0.15) is 10.5 Å². The van der Waals surface area contributed by atoms with Crippen LogP contribution in [0.1, 0.15) is 43.7 Å². The quantitative estimate of drug-likeness (QED) is 0.114. The lowest BCUT2D eigenvalue weighted by molar-refractivity contribution is -0.114. The minimum atomic E-state index is -0.533. The summed E-state index contributed by atoms with van der Waals surface area (Å²) in [5.74, 6) is -0.460. The molecule has 194 valence electrons. The summed E-state index contributed by atoms with van der Waals surface area (Å²) >= 11 is 4.48. The number of hydrogen-bond acceptors (Lipinski definition) is 7. The number of benzene rings is 3. The minimum absolute atomic E-state index is 0.0764. The summed E-state index contributed by atoms with van der Waals surface area (Å²) in [6.45, 7) is 3.86. The molecule has 3 aromatic carbocycles. The molecule has 0 saturated carbocycles. The van der Waals surface area contributed by atoms with Gasteiger partial charge in [-0.25, -0.2) is 4.79 Å². The molecule has 39 heavy (non-hydrogen) atoms. The first kappa shape index (κ1) is 27.8. The van der Waals surface area contributed by atoms with Gasteiger partial charge < -0.3 is 9.47 Å². The highest BCUT2D eigenvalue weighted by atomic mass is 79.9. The molecule has 4 aromatic rings. The average molecular weight is 600 g/mol. The van der Waals surface area contributed by atoms with Gasteiger partial charge in [0.15, 0.2) is 5.78 Å². The molecule has 0 unspecified atom stereocenters. The number of halogens is 1. The van der Waals surface area contributed by atoms with Crippen LogP contribution in [-0.2, 0) is 22.6 Å². The number of rotatable bonds is 9. The Morgan fingerprint density at radius 2 is 1.79 bits per heavy atom. The van der Waals surface area contributed by atoms with Crippen LogP contribution < -0.4 is 4.74 Å². The molecular weight excluding hydrogens is 576 g/mol. The Labute approximate surface area is 238 Å². The second-order valence-corrected chi connectivity index (χ2v) is 10.6. The summed E-state index contributed by atoms with van der Waals surface area (Å²) in [4.78, 5) is 26.4. The highest BCUT2D eigenvalue weighted by molar-refractivity contribution is 9.10. The molecule has 0 bridgehead atoms. The second kappa shape index (κ2) is 12.5. The largest absolute Gasteiger partial charge is 0.488 e. The first-order chi connectivity index (χ1) is 18.9. The van der Waals surface area contributed by atoms with E-state index in [9.17, 15) is 20.1 Å². The molecule has 0 aliphatic rings. The van der Waals surface area contributed by atoms with E-state index in [2.05, 4.69) is 22.0 Å². The van der Waals surface area contributed by atoms with E-state index in [1.807, 2.05) is 66.7 Å². The van der Waals surface area contributed by atoms with Crippen molar-refractivity contribution in [1.82, 2.24) is 0 Å². The Bertz CT molecular complexity index is 1670. The van der Waals surface area contributed by atoms with Gasteiger partial charge in [-0.3, -0.25) is 4.79 Å². The lowest BCUT2D eigenvalue weighted by atomic mass is 9.98. The maximum absolute atomic E-state index is 13.3. The molecule has 0 fully saturated rings. The van der Waals surface area contributed by atoms with E-state index >= 15 is 0 Å². The van der Waals surface area contributed by atoms with Gasteiger partial charge in [0.25, 0.3) is 0 Å². The predicted octanol–water partition coefficient (Wildman–Crippen LogP) is 7.32. The third-order valence-corrected chi connectivity index (χ3v) is 7.86. The first-order valence-electron chi connectivity index (χ1n) is 12.1. The molecule has 0 aliphatic heterocycles. The topological polar surface area (TPSA) is 100 Å². The zero-order valence-electron chi connectivity index (χ0n) is 21.3. The fourth-order valence-corrected chi connectivity index (χ4v) is 5.50. The summed E-state index contributed by atoms with van der Waals surface area (Å²) in [6, 6.07) is 23.3. The molecule has 0 aliphatic carbocycles. The number of allylic oxidation sites excluding steroid dienone is 1. The van der Waals surface area contributed by atoms with Crippen molar-refractivity contribution in [3.8, 4) is 17.9 Å². The predicted molar refractivity (Wildman–Crippen MR) is 154 cm³/mol. The molecule has 0 radical (unpaired) electrons.